The third-order valence-corrected chi connectivity index (χ3v) is 13.7. The zero-order valence-electron chi connectivity index (χ0n) is 35.0. The highest BCUT2D eigenvalue weighted by Gasteiger charge is 2.53. The standard InChI is InChI=1S/C38H64N6O10S3/c1-20(2)17-22-11-16-51-29-23(18-22)19-44(36(50)54-38(7,8)9)25(29)31(48)39-24(30-27(46)26(45)28(47)32(52-30)55-10)21(3)56-34-41-40-33(57-34)42-12-14-43(15-13-42)35(49)53-37(4,5)6/h20-30,32,45-47H,11-19H2,1-10H3,(H,39,48)/t21-,22-,23-,24+,25?,26+,27?,28+,29+,30+,32?/m0/s1. The molecule has 4 N–H and O–H groups in total. The van der Waals surface area contributed by atoms with Gasteiger partial charge in [0.1, 0.15) is 47.1 Å². The lowest BCUT2D eigenvalue weighted by Gasteiger charge is -2.44. The number of hydrogen-bond donors (Lipinski definition) is 4. The molecule has 324 valence electrons. The maximum absolute atomic E-state index is 14.8. The molecular formula is C38H64N6O10S3. The molecule has 3 amide bonds. The number of aliphatic hydroxyl groups is 3. The van der Waals surface area contributed by atoms with E-state index < -0.39 is 76.5 Å². The molecule has 4 saturated heterocycles. The predicted octanol–water partition coefficient (Wildman–Crippen LogP) is 3.81. The van der Waals surface area contributed by atoms with Gasteiger partial charge >= 0.3 is 12.2 Å². The van der Waals surface area contributed by atoms with E-state index >= 15 is 0 Å². The maximum atomic E-state index is 14.8. The summed E-state index contributed by atoms with van der Waals surface area (Å²) in [7, 11) is 0. The van der Waals surface area contributed by atoms with Crippen molar-refractivity contribution in [3.63, 3.8) is 0 Å². The Hall–Kier alpha value is -2.13. The van der Waals surface area contributed by atoms with Gasteiger partial charge in [0.2, 0.25) is 11.0 Å². The summed E-state index contributed by atoms with van der Waals surface area (Å²) in [6.45, 7) is 19.9. The van der Waals surface area contributed by atoms with Crippen molar-refractivity contribution in [2.75, 3.05) is 50.5 Å². The highest BCUT2D eigenvalue weighted by atomic mass is 32.2. The van der Waals surface area contributed by atoms with Crippen LogP contribution in [0.1, 0.15) is 81.6 Å². The Morgan fingerprint density at radius 1 is 0.947 bits per heavy atom. The third-order valence-electron chi connectivity index (χ3n) is 10.6. The van der Waals surface area contributed by atoms with E-state index in [2.05, 4.69) is 34.3 Å². The van der Waals surface area contributed by atoms with Crippen LogP contribution in [0.5, 0.6) is 0 Å². The van der Waals surface area contributed by atoms with E-state index in [-0.39, 0.29) is 12.0 Å². The van der Waals surface area contributed by atoms with Gasteiger partial charge in [-0.2, -0.15) is 0 Å². The topological polar surface area (TPSA) is 196 Å². The summed E-state index contributed by atoms with van der Waals surface area (Å²) < 4.78 is 24.6. The molecule has 5 rings (SSSR count). The molecule has 0 radical (unpaired) electrons. The second-order valence-corrected chi connectivity index (χ2v) is 21.5. The molecular weight excluding hydrogens is 797 g/mol. The number of anilines is 1. The van der Waals surface area contributed by atoms with Crippen LogP contribution in [0.15, 0.2) is 4.34 Å². The van der Waals surface area contributed by atoms with Gasteiger partial charge in [0, 0.05) is 50.5 Å². The molecule has 11 atom stereocenters. The Morgan fingerprint density at radius 3 is 2.21 bits per heavy atom. The second kappa shape index (κ2) is 19.1. The normalized spacial score (nSPS) is 31.1. The summed E-state index contributed by atoms with van der Waals surface area (Å²) >= 11 is 3.88. The average Bonchev–Trinajstić information content (AvgIpc) is 3.67. The molecule has 0 bridgehead atoms. The SMILES string of the molecule is CSC1O[C@H]([C@H](NC(=O)C2[C@@H]3OCC[C@@H](CC(C)C)C[C@H]3CN2C(=O)OC(C)(C)C)[C@H](C)Sc2nnc(N3CCN(C(=O)OC(C)(C)C)CC3)s2)C(O)[C@@H](O)[C@H]1O. The van der Waals surface area contributed by atoms with Crippen LogP contribution in [-0.4, -0.2) is 163 Å². The van der Waals surface area contributed by atoms with Crippen LogP contribution in [0, 0.1) is 17.8 Å². The number of hydrogen-bond acceptors (Lipinski definition) is 16. The first-order valence-corrected chi connectivity index (χ1v) is 23.0. The summed E-state index contributed by atoms with van der Waals surface area (Å²) in [6, 6.07) is -1.96. The first-order chi connectivity index (χ1) is 26.6. The molecule has 0 aromatic carbocycles. The summed E-state index contributed by atoms with van der Waals surface area (Å²) in [5, 5.41) is 45.2. The quantitative estimate of drug-likeness (QED) is 0.248. The summed E-state index contributed by atoms with van der Waals surface area (Å²) in [5.74, 6) is 0.295. The number of aromatic nitrogens is 2. The summed E-state index contributed by atoms with van der Waals surface area (Å²) in [5.41, 5.74) is -2.26. The molecule has 1 aromatic heterocycles. The molecule has 0 saturated carbocycles. The number of rotatable bonds is 10. The smallest absolute Gasteiger partial charge is 0.411 e. The van der Waals surface area contributed by atoms with E-state index in [1.54, 1.807) is 31.9 Å². The number of carbonyl (C=O) groups is 3. The fourth-order valence-electron chi connectivity index (χ4n) is 8.04. The van der Waals surface area contributed by atoms with Gasteiger partial charge < -0.3 is 49.4 Å². The van der Waals surface area contributed by atoms with Gasteiger partial charge in [-0.15, -0.1) is 22.0 Å². The lowest BCUT2D eigenvalue weighted by atomic mass is 9.85. The maximum Gasteiger partial charge on any atom is 0.411 e. The van der Waals surface area contributed by atoms with E-state index in [0.717, 1.165) is 19.3 Å². The summed E-state index contributed by atoms with van der Waals surface area (Å²) in [4.78, 5) is 46.3. The van der Waals surface area contributed by atoms with Gasteiger partial charge in [-0.05, 0) is 78.9 Å². The molecule has 0 aliphatic carbocycles. The number of thioether (sulfide) groups is 2. The second-order valence-electron chi connectivity index (χ2n) is 18.0. The average molecular weight is 861 g/mol. The number of likely N-dealkylation sites (tertiary alicyclic amines) is 1. The molecule has 3 unspecified atom stereocenters. The predicted molar refractivity (Wildman–Crippen MR) is 220 cm³/mol. The van der Waals surface area contributed by atoms with Crippen LogP contribution < -0.4 is 10.2 Å². The number of ether oxygens (including phenoxy) is 4. The Kier molecular flexibility index (Phi) is 15.4. The number of fused-ring (bicyclic) bond motifs is 1. The number of carbonyl (C=O) groups excluding carboxylic acids is 3. The minimum atomic E-state index is -1.55. The van der Waals surface area contributed by atoms with Crippen molar-refractivity contribution in [1.82, 2.24) is 25.3 Å². The minimum absolute atomic E-state index is 0.0926. The van der Waals surface area contributed by atoms with Crippen molar-refractivity contribution in [2.45, 2.75) is 150 Å². The van der Waals surface area contributed by atoms with Crippen molar-refractivity contribution in [3.8, 4) is 0 Å². The molecule has 4 aliphatic rings. The number of nitrogens with zero attached hydrogens (tertiary/aromatic N) is 5. The van der Waals surface area contributed by atoms with E-state index in [9.17, 15) is 29.7 Å². The van der Waals surface area contributed by atoms with Crippen LogP contribution in [0.4, 0.5) is 14.7 Å². The molecule has 1 aromatic rings. The Bertz CT molecular complexity index is 1520. The van der Waals surface area contributed by atoms with Gasteiger partial charge in [0.05, 0.1) is 12.1 Å². The Morgan fingerprint density at radius 2 is 1.60 bits per heavy atom. The van der Waals surface area contributed by atoms with E-state index in [1.807, 2.05) is 27.7 Å². The molecule has 57 heavy (non-hydrogen) atoms. The van der Waals surface area contributed by atoms with Gasteiger partial charge in [0.25, 0.3) is 0 Å². The Balaban J connectivity index is 1.38. The van der Waals surface area contributed by atoms with Gasteiger partial charge in [-0.25, -0.2) is 9.59 Å². The molecule has 16 nitrogen and oxygen atoms in total. The van der Waals surface area contributed by atoms with Gasteiger partial charge in [-0.3, -0.25) is 9.69 Å². The van der Waals surface area contributed by atoms with Crippen molar-refractivity contribution in [2.24, 2.45) is 17.8 Å². The van der Waals surface area contributed by atoms with Crippen LogP contribution in [0.2, 0.25) is 0 Å². The molecule has 19 heteroatoms. The number of nitrogens with one attached hydrogen (secondary N) is 1. The van der Waals surface area contributed by atoms with Crippen LogP contribution in [-0.2, 0) is 23.7 Å². The largest absolute Gasteiger partial charge is 0.444 e. The van der Waals surface area contributed by atoms with Crippen molar-refractivity contribution in [3.05, 3.63) is 0 Å². The molecule has 4 fully saturated rings. The fraction of sp³-hybridized carbons (Fsp3) is 0.868. The highest BCUT2D eigenvalue weighted by molar-refractivity contribution is 8.01. The number of aliphatic hydroxyl groups excluding tert-OH is 3. The lowest BCUT2D eigenvalue weighted by molar-refractivity contribution is -0.205. The van der Waals surface area contributed by atoms with Gasteiger partial charge in [-0.1, -0.05) is 43.9 Å². The van der Waals surface area contributed by atoms with Crippen molar-refractivity contribution < 1.29 is 48.7 Å². The first kappa shape index (κ1) is 45.9. The highest BCUT2D eigenvalue weighted by Crippen LogP contribution is 2.40. The van der Waals surface area contributed by atoms with E-state index in [1.165, 1.54) is 39.8 Å². The van der Waals surface area contributed by atoms with Crippen molar-refractivity contribution in [1.29, 1.82) is 0 Å². The monoisotopic (exact) mass is 860 g/mol. The molecule has 0 spiro atoms. The zero-order chi connectivity index (χ0) is 42.0. The van der Waals surface area contributed by atoms with E-state index in [4.69, 9.17) is 18.9 Å². The van der Waals surface area contributed by atoms with Crippen molar-refractivity contribution >= 4 is 58.1 Å². The first-order valence-electron chi connectivity index (χ1n) is 20.0. The van der Waals surface area contributed by atoms with Crippen LogP contribution >= 0.6 is 34.9 Å². The summed E-state index contributed by atoms with van der Waals surface area (Å²) in [6.07, 6.45) is -2.71. The number of piperazine rings is 1. The third kappa shape index (κ3) is 11.8. The minimum Gasteiger partial charge on any atom is -0.444 e. The zero-order valence-corrected chi connectivity index (χ0v) is 37.4. The van der Waals surface area contributed by atoms with E-state index in [0.29, 0.717) is 60.6 Å². The fourth-order valence-corrected chi connectivity index (χ4v) is 11.0. The van der Waals surface area contributed by atoms with Crippen LogP contribution in [0.25, 0.3) is 0 Å². The molecule has 5 heterocycles. The lowest BCUT2D eigenvalue weighted by Crippen LogP contribution is -2.66. The number of amides is 3. The Labute approximate surface area is 349 Å². The molecule has 4 aliphatic heterocycles. The van der Waals surface area contributed by atoms with Crippen LogP contribution in [0.3, 0.4) is 0 Å². The van der Waals surface area contributed by atoms with Gasteiger partial charge in [0.15, 0.2) is 4.34 Å².